The zero-order valence-corrected chi connectivity index (χ0v) is 13.6. The first kappa shape index (κ1) is 15.5. The predicted molar refractivity (Wildman–Crippen MR) is 93.8 cm³/mol. The van der Waals surface area contributed by atoms with Gasteiger partial charge in [-0.25, -0.2) is 4.98 Å². The molecular weight excluding hydrogens is 308 g/mol. The van der Waals surface area contributed by atoms with E-state index in [-0.39, 0.29) is 6.61 Å². The van der Waals surface area contributed by atoms with Crippen molar-refractivity contribution in [3.8, 4) is 16.3 Å². The molecule has 0 aliphatic heterocycles. The molecule has 0 saturated carbocycles. The topological polar surface area (TPSA) is 54.4 Å². The lowest BCUT2D eigenvalue weighted by molar-refractivity contribution is 0.274. The van der Waals surface area contributed by atoms with Gasteiger partial charge in [-0.2, -0.15) is 0 Å². The van der Waals surface area contributed by atoms with Crippen LogP contribution in [-0.2, 0) is 13.2 Å². The van der Waals surface area contributed by atoms with Crippen LogP contribution in [-0.4, -0.2) is 17.2 Å². The summed E-state index contributed by atoms with van der Waals surface area (Å²) in [5, 5.41) is 15.8. The van der Waals surface area contributed by atoms with Gasteiger partial charge >= 0.3 is 0 Å². The number of rotatable bonds is 6. The standard InChI is InChI=1S/C18H18N2O2S/c1-22-17-8-7-15(9-14(17)11-21)19-10-16-12-23-18(20-16)13-5-3-2-4-6-13/h2-9,12,19,21H,10-11H2,1H3. The first-order chi connectivity index (χ1) is 11.3. The number of aromatic nitrogens is 1. The van der Waals surface area contributed by atoms with Crippen LogP contribution in [0.1, 0.15) is 11.3 Å². The van der Waals surface area contributed by atoms with Crippen LogP contribution in [0.4, 0.5) is 5.69 Å². The van der Waals surface area contributed by atoms with Crippen LogP contribution in [0.3, 0.4) is 0 Å². The van der Waals surface area contributed by atoms with Crippen molar-refractivity contribution in [1.82, 2.24) is 4.98 Å². The minimum atomic E-state index is -0.0481. The van der Waals surface area contributed by atoms with E-state index in [1.807, 2.05) is 36.4 Å². The molecule has 1 aromatic heterocycles. The quantitative estimate of drug-likeness (QED) is 0.721. The third kappa shape index (κ3) is 3.70. The Hall–Kier alpha value is -2.37. The number of hydrogen-bond donors (Lipinski definition) is 2. The van der Waals surface area contributed by atoms with E-state index in [0.29, 0.717) is 12.3 Å². The number of aliphatic hydroxyl groups excluding tert-OH is 1. The van der Waals surface area contributed by atoms with Gasteiger partial charge in [0.2, 0.25) is 0 Å². The van der Waals surface area contributed by atoms with Gasteiger partial charge in [0.1, 0.15) is 10.8 Å². The fourth-order valence-electron chi connectivity index (χ4n) is 2.31. The van der Waals surface area contributed by atoms with Gasteiger partial charge in [0.25, 0.3) is 0 Å². The maximum atomic E-state index is 9.37. The van der Waals surface area contributed by atoms with E-state index < -0.39 is 0 Å². The Bertz CT molecular complexity index is 772. The summed E-state index contributed by atoms with van der Waals surface area (Å²) in [5.41, 5.74) is 3.83. The zero-order chi connectivity index (χ0) is 16.1. The number of nitrogens with zero attached hydrogens (tertiary/aromatic N) is 1. The Balaban J connectivity index is 1.68. The van der Waals surface area contributed by atoms with Crippen LogP contribution in [0.2, 0.25) is 0 Å². The van der Waals surface area contributed by atoms with E-state index in [0.717, 1.165) is 27.5 Å². The summed E-state index contributed by atoms with van der Waals surface area (Å²) in [7, 11) is 1.60. The summed E-state index contributed by atoms with van der Waals surface area (Å²) in [6.07, 6.45) is 0. The molecule has 0 spiro atoms. The molecule has 0 aliphatic rings. The van der Waals surface area contributed by atoms with E-state index in [9.17, 15) is 5.11 Å². The third-order valence-electron chi connectivity index (χ3n) is 3.50. The molecule has 1 heterocycles. The number of methoxy groups -OCH3 is 1. The molecule has 0 atom stereocenters. The zero-order valence-electron chi connectivity index (χ0n) is 12.8. The van der Waals surface area contributed by atoms with Gasteiger partial charge in [-0.3, -0.25) is 0 Å². The first-order valence-corrected chi connectivity index (χ1v) is 8.19. The van der Waals surface area contributed by atoms with Crippen LogP contribution in [0.15, 0.2) is 53.9 Å². The van der Waals surface area contributed by atoms with Gasteiger partial charge in [-0.15, -0.1) is 11.3 Å². The summed E-state index contributed by atoms with van der Waals surface area (Å²) in [6.45, 7) is 0.591. The van der Waals surface area contributed by atoms with Crippen LogP contribution < -0.4 is 10.1 Å². The average Bonchev–Trinajstić information content (AvgIpc) is 3.09. The van der Waals surface area contributed by atoms with Crippen molar-refractivity contribution in [1.29, 1.82) is 0 Å². The number of anilines is 1. The lowest BCUT2D eigenvalue weighted by Crippen LogP contribution is -2.01. The molecule has 0 unspecified atom stereocenters. The molecule has 5 heteroatoms. The largest absolute Gasteiger partial charge is 0.496 e. The Morgan fingerprint density at radius 3 is 2.74 bits per heavy atom. The molecule has 0 amide bonds. The van der Waals surface area contributed by atoms with E-state index in [1.165, 1.54) is 0 Å². The smallest absolute Gasteiger partial charge is 0.124 e. The molecule has 2 aromatic carbocycles. The molecule has 23 heavy (non-hydrogen) atoms. The van der Waals surface area contributed by atoms with Gasteiger partial charge in [-0.1, -0.05) is 30.3 Å². The highest BCUT2D eigenvalue weighted by Crippen LogP contribution is 2.25. The highest BCUT2D eigenvalue weighted by atomic mass is 32.1. The van der Waals surface area contributed by atoms with Gasteiger partial charge in [-0.05, 0) is 18.2 Å². The van der Waals surface area contributed by atoms with E-state index in [1.54, 1.807) is 18.4 Å². The van der Waals surface area contributed by atoms with Crippen molar-refractivity contribution in [3.05, 3.63) is 65.2 Å². The van der Waals surface area contributed by atoms with Gasteiger partial charge in [0.05, 0.1) is 26.0 Å². The Labute approximate surface area is 139 Å². The highest BCUT2D eigenvalue weighted by Gasteiger charge is 2.06. The number of aliphatic hydroxyl groups is 1. The molecule has 0 fully saturated rings. The molecule has 2 N–H and O–H groups in total. The van der Waals surface area contributed by atoms with Crippen LogP contribution in [0.5, 0.6) is 5.75 Å². The van der Waals surface area contributed by atoms with E-state index >= 15 is 0 Å². The maximum absolute atomic E-state index is 9.37. The minimum absolute atomic E-state index is 0.0481. The highest BCUT2D eigenvalue weighted by molar-refractivity contribution is 7.13. The predicted octanol–water partition coefficient (Wildman–Crippen LogP) is 3.92. The Morgan fingerprint density at radius 1 is 1.17 bits per heavy atom. The summed E-state index contributed by atoms with van der Waals surface area (Å²) < 4.78 is 5.21. The summed E-state index contributed by atoms with van der Waals surface area (Å²) in [6, 6.07) is 15.8. The Kier molecular flexibility index (Phi) is 4.90. The minimum Gasteiger partial charge on any atom is -0.496 e. The molecule has 3 aromatic rings. The van der Waals surface area contributed by atoms with Crippen molar-refractivity contribution in [2.45, 2.75) is 13.2 Å². The van der Waals surface area contributed by atoms with Crippen molar-refractivity contribution < 1.29 is 9.84 Å². The second-order valence-electron chi connectivity index (χ2n) is 5.05. The van der Waals surface area contributed by atoms with Crippen molar-refractivity contribution in [2.75, 3.05) is 12.4 Å². The van der Waals surface area contributed by atoms with Gasteiger partial charge in [0, 0.05) is 22.2 Å². The normalized spacial score (nSPS) is 10.5. The van der Waals surface area contributed by atoms with Crippen molar-refractivity contribution in [3.63, 3.8) is 0 Å². The van der Waals surface area contributed by atoms with Crippen molar-refractivity contribution in [2.24, 2.45) is 0 Å². The maximum Gasteiger partial charge on any atom is 0.124 e. The SMILES string of the molecule is COc1ccc(NCc2csc(-c3ccccc3)n2)cc1CO. The van der Waals surface area contributed by atoms with Crippen LogP contribution >= 0.6 is 11.3 Å². The fraction of sp³-hybridized carbons (Fsp3) is 0.167. The molecule has 3 rings (SSSR count). The number of benzene rings is 2. The monoisotopic (exact) mass is 326 g/mol. The summed E-state index contributed by atoms with van der Waals surface area (Å²) >= 11 is 1.64. The molecule has 0 saturated heterocycles. The first-order valence-electron chi connectivity index (χ1n) is 7.31. The third-order valence-corrected chi connectivity index (χ3v) is 4.44. The van der Waals surface area contributed by atoms with Crippen LogP contribution in [0.25, 0.3) is 10.6 Å². The van der Waals surface area contributed by atoms with Crippen LogP contribution in [0, 0.1) is 0 Å². The van der Waals surface area contributed by atoms with E-state index in [4.69, 9.17) is 4.74 Å². The Morgan fingerprint density at radius 2 is 2.00 bits per heavy atom. The lowest BCUT2D eigenvalue weighted by atomic mass is 10.2. The van der Waals surface area contributed by atoms with Crippen molar-refractivity contribution >= 4 is 17.0 Å². The summed E-state index contributed by atoms with van der Waals surface area (Å²) in [5.74, 6) is 0.693. The second-order valence-corrected chi connectivity index (χ2v) is 5.91. The molecule has 4 nitrogen and oxygen atoms in total. The molecule has 0 aliphatic carbocycles. The number of hydrogen-bond acceptors (Lipinski definition) is 5. The number of nitrogens with one attached hydrogen (secondary N) is 1. The molecule has 0 bridgehead atoms. The number of ether oxygens (including phenoxy) is 1. The van der Waals surface area contributed by atoms with Gasteiger partial charge in [0.15, 0.2) is 0 Å². The fourth-order valence-corrected chi connectivity index (χ4v) is 3.13. The molecular formula is C18H18N2O2S. The summed E-state index contributed by atoms with van der Waals surface area (Å²) in [4.78, 5) is 4.65. The lowest BCUT2D eigenvalue weighted by Gasteiger charge is -2.10. The molecule has 118 valence electrons. The number of thiazole rings is 1. The second kappa shape index (κ2) is 7.26. The van der Waals surface area contributed by atoms with Gasteiger partial charge < -0.3 is 15.2 Å². The average molecular weight is 326 g/mol. The van der Waals surface area contributed by atoms with E-state index in [2.05, 4.69) is 27.8 Å². The molecule has 0 radical (unpaired) electrons.